The van der Waals surface area contributed by atoms with Gasteiger partial charge in [0.25, 0.3) is 0 Å². The van der Waals surface area contributed by atoms with Crippen molar-refractivity contribution in [3.8, 4) is 6.07 Å². The van der Waals surface area contributed by atoms with Gasteiger partial charge < -0.3 is 4.74 Å². The van der Waals surface area contributed by atoms with Crippen LogP contribution in [0.4, 0.5) is 0 Å². The van der Waals surface area contributed by atoms with E-state index in [1.54, 1.807) is 7.11 Å². The molecule has 0 aromatic rings. The largest absolute Gasteiger partial charge is 0.384 e. The first-order valence-corrected chi connectivity index (χ1v) is 2.77. The summed E-state index contributed by atoms with van der Waals surface area (Å²) >= 11 is 0. The summed E-state index contributed by atoms with van der Waals surface area (Å²) in [5.74, 6) is 0.847. The number of nitriles is 1. The van der Waals surface area contributed by atoms with Crippen LogP contribution < -0.4 is 0 Å². The van der Waals surface area contributed by atoms with Gasteiger partial charge in [0.05, 0.1) is 18.6 Å². The third kappa shape index (κ3) is 0.988. The smallest absolute Gasteiger partial charge is 0.0659 e. The second kappa shape index (κ2) is 2.15. The fourth-order valence-corrected chi connectivity index (χ4v) is 0.804. The Bertz CT molecular complexity index is 116. The lowest BCUT2D eigenvalue weighted by Crippen LogP contribution is -1.91. The Hall–Kier alpha value is -0.550. The molecule has 0 aliphatic heterocycles. The highest BCUT2D eigenvalue weighted by atomic mass is 16.5. The fourth-order valence-electron chi connectivity index (χ4n) is 0.804. The minimum Gasteiger partial charge on any atom is -0.384 e. The van der Waals surface area contributed by atoms with Gasteiger partial charge in [0.1, 0.15) is 0 Å². The van der Waals surface area contributed by atoms with Gasteiger partial charge in [-0.1, -0.05) is 0 Å². The Morgan fingerprint density at radius 1 is 1.88 bits per heavy atom. The average Bonchev–Trinajstić information content (AvgIpc) is 2.48. The molecule has 2 atom stereocenters. The number of nitrogens with zero attached hydrogens (tertiary/aromatic N) is 1. The minimum absolute atomic E-state index is 0.301. The molecule has 2 heteroatoms. The molecule has 0 radical (unpaired) electrons. The third-order valence-corrected chi connectivity index (χ3v) is 1.47. The Labute approximate surface area is 49.1 Å². The predicted molar refractivity (Wildman–Crippen MR) is 29.1 cm³/mol. The molecule has 8 heavy (non-hydrogen) atoms. The lowest BCUT2D eigenvalue weighted by molar-refractivity contribution is 0.183. The van der Waals surface area contributed by atoms with Gasteiger partial charge in [-0.05, 0) is 12.3 Å². The first-order valence-electron chi connectivity index (χ1n) is 2.77. The molecule has 1 rings (SSSR count). The van der Waals surface area contributed by atoms with Crippen LogP contribution in [-0.2, 0) is 4.74 Å². The minimum atomic E-state index is 0.301. The first kappa shape index (κ1) is 5.58. The van der Waals surface area contributed by atoms with Crippen molar-refractivity contribution >= 4 is 0 Å². The average molecular weight is 111 g/mol. The lowest BCUT2D eigenvalue weighted by atomic mass is 10.4. The summed E-state index contributed by atoms with van der Waals surface area (Å²) in [6.45, 7) is 0.762. The molecule has 1 aliphatic carbocycles. The lowest BCUT2D eigenvalue weighted by Gasteiger charge is -1.89. The van der Waals surface area contributed by atoms with Crippen molar-refractivity contribution in [2.24, 2.45) is 11.8 Å². The predicted octanol–water partition coefficient (Wildman–Crippen LogP) is 0.792. The number of hydrogen-bond donors (Lipinski definition) is 0. The standard InChI is InChI=1S/C6H9NO/c1-8-4-6-2-5(6)3-7/h5-6H,2,4H2,1H3/t5-,6-/m0/s1. The molecule has 0 aromatic heterocycles. The molecule has 0 unspecified atom stereocenters. The van der Waals surface area contributed by atoms with Crippen molar-refractivity contribution in [1.29, 1.82) is 5.26 Å². The van der Waals surface area contributed by atoms with E-state index in [2.05, 4.69) is 6.07 Å². The maximum atomic E-state index is 8.30. The van der Waals surface area contributed by atoms with Crippen LogP contribution in [-0.4, -0.2) is 13.7 Å². The van der Waals surface area contributed by atoms with Gasteiger partial charge in [-0.2, -0.15) is 5.26 Å². The highest BCUT2D eigenvalue weighted by Crippen LogP contribution is 2.37. The number of ether oxygens (including phenoxy) is 1. The first-order chi connectivity index (χ1) is 3.88. The van der Waals surface area contributed by atoms with Crippen molar-refractivity contribution < 1.29 is 4.74 Å². The van der Waals surface area contributed by atoms with Gasteiger partial charge >= 0.3 is 0 Å². The van der Waals surface area contributed by atoms with E-state index in [1.807, 2.05) is 0 Å². The normalized spacial score (nSPS) is 34.0. The monoisotopic (exact) mass is 111 g/mol. The zero-order valence-electron chi connectivity index (χ0n) is 4.92. The van der Waals surface area contributed by atoms with E-state index in [9.17, 15) is 0 Å². The molecule has 0 aromatic carbocycles. The van der Waals surface area contributed by atoms with E-state index >= 15 is 0 Å². The molecule has 0 amide bonds. The molecule has 0 N–H and O–H groups in total. The molecule has 1 fully saturated rings. The summed E-state index contributed by atoms with van der Waals surface area (Å²) in [4.78, 5) is 0. The van der Waals surface area contributed by atoms with Crippen molar-refractivity contribution in [3.63, 3.8) is 0 Å². The van der Waals surface area contributed by atoms with E-state index in [0.29, 0.717) is 11.8 Å². The van der Waals surface area contributed by atoms with Crippen LogP contribution in [0.2, 0.25) is 0 Å². The number of hydrogen-bond acceptors (Lipinski definition) is 2. The molecule has 0 bridgehead atoms. The van der Waals surface area contributed by atoms with Crippen molar-refractivity contribution in [2.45, 2.75) is 6.42 Å². The van der Waals surface area contributed by atoms with Crippen LogP contribution in [0.5, 0.6) is 0 Å². The van der Waals surface area contributed by atoms with Gasteiger partial charge in [0, 0.05) is 7.11 Å². The van der Waals surface area contributed by atoms with Crippen LogP contribution >= 0.6 is 0 Å². The van der Waals surface area contributed by atoms with Crippen molar-refractivity contribution in [2.75, 3.05) is 13.7 Å². The highest BCUT2D eigenvalue weighted by molar-refractivity contribution is 5.00. The molecule has 0 spiro atoms. The zero-order valence-corrected chi connectivity index (χ0v) is 4.92. The Morgan fingerprint density at radius 3 is 3.00 bits per heavy atom. The fraction of sp³-hybridized carbons (Fsp3) is 0.833. The summed E-state index contributed by atoms with van der Waals surface area (Å²) in [6, 6.07) is 2.19. The van der Waals surface area contributed by atoms with Gasteiger partial charge in [-0.15, -0.1) is 0 Å². The van der Waals surface area contributed by atoms with Crippen LogP contribution in [0.1, 0.15) is 6.42 Å². The van der Waals surface area contributed by atoms with E-state index in [-0.39, 0.29) is 0 Å². The van der Waals surface area contributed by atoms with E-state index in [0.717, 1.165) is 13.0 Å². The van der Waals surface area contributed by atoms with Crippen LogP contribution in [0.15, 0.2) is 0 Å². The van der Waals surface area contributed by atoms with Gasteiger partial charge in [0.2, 0.25) is 0 Å². The van der Waals surface area contributed by atoms with Crippen LogP contribution in [0.3, 0.4) is 0 Å². The molecular formula is C6H9NO. The number of methoxy groups -OCH3 is 1. The molecule has 44 valence electrons. The van der Waals surface area contributed by atoms with Gasteiger partial charge in [-0.3, -0.25) is 0 Å². The van der Waals surface area contributed by atoms with Gasteiger partial charge in [0.15, 0.2) is 0 Å². The van der Waals surface area contributed by atoms with Crippen molar-refractivity contribution in [1.82, 2.24) is 0 Å². The summed E-state index contributed by atoms with van der Waals surface area (Å²) < 4.78 is 4.85. The molecule has 0 heterocycles. The van der Waals surface area contributed by atoms with E-state index in [4.69, 9.17) is 10.00 Å². The quantitative estimate of drug-likeness (QED) is 0.527. The Kier molecular flexibility index (Phi) is 1.50. The topological polar surface area (TPSA) is 33.0 Å². The summed E-state index contributed by atoms with van der Waals surface area (Å²) in [5.41, 5.74) is 0. The second-order valence-electron chi connectivity index (χ2n) is 2.19. The molecule has 1 aliphatic rings. The zero-order chi connectivity index (χ0) is 5.98. The summed E-state index contributed by atoms with van der Waals surface area (Å²) in [7, 11) is 1.67. The summed E-state index contributed by atoms with van der Waals surface area (Å²) in [6.07, 6.45) is 1.05. The maximum absolute atomic E-state index is 8.30. The molecule has 0 saturated heterocycles. The molecule has 1 saturated carbocycles. The molecule has 2 nitrogen and oxygen atoms in total. The number of rotatable bonds is 2. The summed E-state index contributed by atoms with van der Waals surface area (Å²) in [5, 5.41) is 8.30. The third-order valence-electron chi connectivity index (χ3n) is 1.47. The Morgan fingerprint density at radius 2 is 2.62 bits per heavy atom. The van der Waals surface area contributed by atoms with Crippen LogP contribution in [0, 0.1) is 23.2 Å². The van der Waals surface area contributed by atoms with Crippen LogP contribution in [0.25, 0.3) is 0 Å². The second-order valence-corrected chi connectivity index (χ2v) is 2.19. The highest BCUT2D eigenvalue weighted by Gasteiger charge is 2.36. The van der Waals surface area contributed by atoms with Crippen molar-refractivity contribution in [3.05, 3.63) is 0 Å². The van der Waals surface area contributed by atoms with Gasteiger partial charge in [-0.25, -0.2) is 0 Å². The SMILES string of the molecule is COC[C@@H]1C[C@H]1C#N. The molecular weight excluding hydrogens is 102 g/mol. The maximum Gasteiger partial charge on any atom is 0.0659 e. The Balaban J connectivity index is 2.10. The van der Waals surface area contributed by atoms with E-state index in [1.165, 1.54) is 0 Å². The van der Waals surface area contributed by atoms with E-state index < -0.39 is 0 Å².